The van der Waals surface area contributed by atoms with Crippen molar-refractivity contribution in [1.82, 2.24) is 0 Å². The van der Waals surface area contributed by atoms with Gasteiger partial charge in [-0.2, -0.15) is 0 Å². The zero-order chi connectivity index (χ0) is 17.9. The molecule has 0 unspecified atom stereocenters. The molecular weight excluding hydrogens is 323 g/mol. The molecule has 0 radical (unpaired) electrons. The van der Waals surface area contributed by atoms with Gasteiger partial charge in [0, 0.05) is 12.8 Å². The minimum atomic E-state index is -0.416. The Balaban J connectivity index is 0. The van der Waals surface area contributed by atoms with Crippen molar-refractivity contribution < 1.29 is 14.3 Å². The topological polar surface area (TPSA) is 43.4 Å². The van der Waals surface area contributed by atoms with E-state index in [9.17, 15) is 9.59 Å². The first-order valence-electron chi connectivity index (χ1n) is 10.4. The summed E-state index contributed by atoms with van der Waals surface area (Å²) in [6.07, 6.45) is 20.3. The summed E-state index contributed by atoms with van der Waals surface area (Å²) in [7, 11) is 0. The van der Waals surface area contributed by atoms with Gasteiger partial charge in [0.15, 0.2) is 0 Å². The number of hydrogen-bond acceptors (Lipinski definition) is 3. The zero-order valence-electron chi connectivity index (χ0n) is 16.2. The van der Waals surface area contributed by atoms with Crippen molar-refractivity contribution in [2.24, 2.45) is 0 Å². The van der Waals surface area contributed by atoms with E-state index in [0.29, 0.717) is 6.42 Å². The van der Waals surface area contributed by atoms with Crippen LogP contribution in [-0.2, 0) is 14.3 Å². The van der Waals surface area contributed by atoms with Crippen molar-refractivity contribution in [1.29, 1.82) is 0 Å². The van der Waals surface area contributed by atoms with Crippen LogP contribution in [0, 0.1) is 0 Å². The molecule has 0 aliphatic carbocycles. The molecular formula is C21H41NaO3. The molecule has 25 heavy (non-hydrogen) atoms. The standard InChI is InChI=1S/C21H40O3.Na.H/c1-3-5-6-7-8-9-10-11-12-13-14-15-16-17-18-19-21(23)24-20(22)4-2;;/h3-19H2,1-2H3;;. The van der Waals surface area contributed by atoms with Crippen molar-refractivity contribution >= 4 is 41.5 Å². The Morgan fingerprint density at radius 1 is 0.560 bits per heavy atom. The van der Waals surface area contributed by atoms with Crippen LogP contribution in [0.15, 0.2) is 0 Å². The summed E-state index contributed by atoms with van der Waals surface area (Å²) in [4.78, 5) is 22.2. The molecule has 0 fully saturated rings. The minimum absolute atomic E-state index is 0. The number of unbranched alkanes of at least 4 members (excludes halogenated alkanes) is 14. The van der Waals surface area contributed by atoms with E-state index in [2.05, 4.69) is 11.7 Å². The van der Waals surface area contributed by atoms with E-state index in [-0.39, 0.29) is 41.9 Å². The normalized spacial score (nSPS) is 10.3. The van der Waals surface area contributed by atoms with Crippen LogP contribution in [0.1, 0.15) is 123 Å². The van der Waals surface area contributed by atoms with Gasteiger partial charge < -0.3 is 4.74 Å². The van der Waals surface area contributed by atoms with Crippen LogP contribution in [0.3, 0.4) is 0 Å². The maximum absolute atomic E-state index is 11.3. The fourth-order valence-electron chi connectivity index (χ4n) is 2.89. The van der Waals surface area contributed by atoms with Crippen LogP contribution in [-0.4, -0.2) is 41.5 Å². The second-order valence-corrected chi connectivity index (χ2v) is 6.90. The third-order valence-electron chi connectivity index (χ3n) is 4.50. The van der Waals surface area contributed by atoms with E-state index in [1.165, 1.54) is 83.5 Å². The molecule has 0 amide bonds. The monoisotopic (exact) mass is 364 g/mol. The van der Waals surface area contributed by atoms with Crippen molar-refractivity contribution in [2.45, 2.75) is 123 Å². The van der Waals surface area contributed by atoms with Gasteiger partial charge in [0.05, 0.1) is 0 Å². The molecule has 0 rings (SSSR count). The van der Waals surface area contributed by atoms with E-state index < -0.39 is 5.97 Å². The molecule has 0 aromatic rings. The third kappa shape index (κ3) is 22.1. The Hall–Kier alpha value is 0.140. The van der Waals surface area contributed by atoms with Gasteiger partial charge >= 0.3 is 41.5 Å². The van der Waals surface area contributed by atoms with E-state index in [1.54, 1.807) is 6.92 Å². The summed E-state index contributed by atoms with van der Waals surface area (Å²) in [5, 5.41) is 0. The van der Waals surface area contributed by atoms with Crippen molar-refractivity contribution in [3.63, 3.8) is 0 Å². The molecule has 0 spiro atoms. The SMILES string of the molecule is CCCCCCCCCCCCCCCCCC(=O)OC(=O)CC.[NaH]. The third-order valence-corrected chi connectivity index (χ3v) is 4.50. The number of rotatable bonds is 17. The molecule has 0 N–H and O–H groups in total. The van der Waals surface area contributed by atoms with Gasteiger partial charge in [0.1, 0.15) is 0 Å². The van der Waals surface area contributed by atoms with Gasteiger partial charge in [-0.3, -0.25) is 9.59 Å². The van der Waals surface area contributed by atoms with Crippen LogP contribution in [0.4, 0.5) is 0 Å². The molecule has 0 aliphatic heterocycles. The molecule has 144 valence electrons. The average Bonchev–Trinajstić information content (AvgIpc) is 2.58. The molecule has 0 bridgehead atoms. The summed E-state index contributed by atoms with van der Waals surface area (Å²) in [6, 6.07) is 0. The van der Waals surface area contributed by atoms with E-state index >= 15 is 0 Å². The van der Waals surface area contributed by atoms with Crippen molar-refractivity contribution in [3.05, 3.63) is 0 Å². The van der Waals surface area contributed by atoms with Crippen LogP contribution in [0.5, 0.6) is 0 Å². The van der Waals surface area contributed by atoms with Crippen LogP contribution in [0.2, 0.25) is 0 Å². The van der Waals surface area contributed by atoms with E-state index in [4.69, 9.17) is 0 Å². The quantitative estimate of drug-likeness (QED) is 0.136. The van der Waals surface area contributed by atoms with Crippen LogP contribution in [0.25, 0.3) is 0 Å². The summed E-state index contributed by atoms with van der Waals surface area (Å²) < 4.78 is 4.64. The summed E-state index contributed by atoms with van der Waals surface area (Å²) >= 11 is 0. The van der Waals surface area contributed by atoms with Crippen LogP contribution >= 0.6 is 0 Å². The molecule has 0 aromatic heterocycles. The van der Waals surface area contributed by atoms with E-state index in [0.717, 1.165) is 12.8 Å². The number of ether oxygens (including phenoxy) is 1. The maximum atomic E-state index is 11.3. The first kappa shape index (κ1) is 27.4. The predicted molar refractivity (Wildman–Crippen MR) is 108 cm³/mol. The number of hydrogen-bond donors (Lipinski definition) is 0. The van der Waals surface area contributed by atoms with Gasteiger partial charge in [-0.05, 0) is 6.42 Å². The predicted octanol–water partition coefficient (Wildman–Crippen LogP) is 6.08. The molecule has 0 aliphatic rings. The molecule has 0 saturated heterocycles. The van der Waals surface area contributed by atoms with Gasteiger partial charge in [-0.1, -0.05) is 104 Å². The van der Waals surface area contributed by atoms with E-state index in [1.807, 2.05) is 0 Å². The van der Waals surface area contributed by atoms with Gasteiger partial charge in [0.2, 0.25) is 0 Å². The Morgan fingerprint density at radius 3 is 1.28 bits per heavy atom. The molecule has 3 nitrogen and oxygen atoms in total. The number of esters is 2. The molecule has 0 aromatic carbocycles. The number of carbonyl (C=O) groups is 2. The fraction of sp³-hybridized carbons (Fsp3) is 0.905. The second-order valence-electron chi connectivity index (χ2n) is 6.90. The second kappa shape index (κ2) is 22.2. The molecule has 0 atom stereocenters. The average molecular weight is 365 g/mol. The van der Waals surface area contributed by atoms with Gasteiger partial charge in [-0.15, -0.1) is 0 Å². The Bertz CT molecular complexity index is 306. The summed E-state index contributed by atoms with van der Waals surface area (Å²) in [6.45, 7) is 3.97. The Morgan fingerprint density at radius 2 is 0.920 bits per heavy atom. The number of carbonyl (C=O) groups excluding carboxylic acids is 2. The molecule has 0 saturated carbocycles. The van der Waals surface area contributed by atoms with Crippen molar-refractivity contribution in [2.75, 3.05) is 0 Å². The van der Waals surface area contributed by atoms with Gasteiger partial charge in [-0.25, -0.2) is 0 Å². The van der Waals surface area contributed by atoms with Crippen LogP contribution < -0.4 is 0 Å². The first-order valence-corrected chi connectivity index (χ1v) is 10.4. The summed E-state index contributed by atoms with van der Waals surface area (Å²) in [5.41, 5.74) is 0. The molecule has 4 heteroatoms. The zero-order valence-corrected chi connectivity index (χ0v) is 16.2. The van der Waals surface area contributed by atoms with Gasteiger partial charge in [0.25, 0.3) is 0 Å². The summed E-state index contributed by atoms with van der Waals surface area (Å²) in [5.74, 6) is -0.780. The van der Waals surface area contributed by atoms with Crippen molar-refractivity contribution in [3.8, 4) is 0 Å². The first-order chi connectivity index (χ1) is 11.7. The molecule has 0 heterocycles. The fourth-order valence-corrected chi connectivity index (χ4v) is 2.89. The Labute approximate surface area is 178 Å². The Kier molecular flexibility index (Phi) is 24.3.